The molecule has 120 valence electrons. The summed E-state index contributed by atoms with van der Waals surface area (Å²) < 4.78 is 51.4. The first-order valence-corrected chi connectivity index (χ1v) is 6.67. The minimum atomic E-state index is -4.35. The van der Waals surface area contributed by atoms with Gasteiger partial charge in [-0.1, -0.05) is 6.07 Å². The van der Waals surface area contributed by atoms with Crippen LogP contribution in [0.2, 0.25) is 0 Å². The van der Waals surface area contributed by atoms with Gasteiger partial charge >= 0.3 is 6.18 Å². The molecule has 0 heterocycles. The Morgan fingerprint density at radius 2 is 1.71 bits per heavy atom. The number of alkyl halides is 3. The molecule has 0 aromatic heterocycles. The molecule has 0 aliphatic carbocycles. The first-order valence-electron chi connectivity index (χ1n) is 6.67. The van der Waals surface area contributed by atoms with Gasteiger partial charge in [0.05, 0.1) is 25.9 Å². The van der Waals surface area contributed by atoms with Gasteiger partial charge in [-0.3, -0.25) is 0 Å². The number of hydrogen-bond donors (Lipinski definition) is 1. The van der Waals surface area contributed by atoms with Crippen LogP contribution in [0.4, 0.5) is 13.2 Å². The molecule has 0 aliphatic heterocycles. The number of benzene rings is 1. The van der Waals surface area contributed by atoms with E-state index in [-0.39, 0.29) is 6.61 Å². The monoisotopic (exact) mass is 307 g/mol. The van der Waals surface area contributed by atoms with Crippen molar-refractivity contribution in [3.05, 3.63) is 23.8 Å². The fraction of sp³-hybridized carbons (Fsp3) is 0.571. The molecule has 0 radical (unpaired) electrons. The van der Waals surface area contributed by atoms with E-state index < -0.39 is 18.8 Å². The van der Waals surface area contributed by atoms with Crippen LogP contribution in [0.1, 0.15) is 25.5 Å². The fourth-order valence-electron chi connectivity index (χ4n) is 1.70. The maximum Gasteiger partial charge on any atom is 0.411 e. The second kappa shape index (κ2) is 8.09. The van der Waals surface area contributed by atoms with Crippen molar-refractivity contribution >= 4 is 0 Å². The molecular formula is C14H20F3NO3. The van der Waals surface area contributed by atoms with E-state index >= 15 is 0 Å². The number of ether oxygens (including phenoxy) is 3. The highest BCUT2D eigenvalue weighted by molar-refractivity contribution is 5.43. The van der Waals surface area contributed by atoms with Crippen molar-refractivity contribution in [1.29, 1.82) is 0 Å². The molecule has 0 spiro atoms. The van der Waals surface area contributed by atoms with Crippen LogP contribution in [0, 0.1) is 0 Å². The highest BCUT2D eigenvalue weighted by Crippen LogP contribution is 2.30. The average Bonchev–Trinajstić information content (AvgIpc) is 2.39. The lowest BCUT2D eigenvalue weighted by atomic mass is 10.1. The molecule has 4 nitrogen and oxygen atoms in total. The minimum Gasteiger partial charge on any atom is -0.490 e. The zero-order chi connectivity index (χ0) is 15.9. The lowest BCUT2D eigenvalue weighted by Gasteiger charge is -2.17. The summed E-state index contributed by atoms with van der Waals surface area (Å²) in [5.74, 6) is 1.09. The lowest BCUT2D eigenvalue weighted by molar-refractivity contribution is -0.174. The Balaban J connectivity index is 2.71. The summed E-state index contributed by atoms with van der Waals surface area (Å²) in [4.78, 5) is 0. The molecule has 1 rings (SSSR count). The van der Waals surface area contributed by atoms with Gasteiger partial charge in [0, 0.05) is 0 Å². The van der Waals surface area contributed by atoms with Gasteiger partial charge in [-0.2, -0.15) is 13.2 Å². The number of halogens is 3. The third-order valence-corrected chi connectivity index (χ3v) is 2.56. The Hall–Kier alpha value is -1.47. The van der Waals surface area contributed by atoms with Crippen LogP contribution in [-0.4, -0.2) is 32.6 Å². The molecule has 1 aromatic rings. The molecule has 0 saturated heterocycles. The summed E-state index contributed by atoms with van der Waals surface area (Å²) in [6.07, 6.45) is -4.35. The predicted molar refractivity (Wildman–Crippen MR) is 72.6 cm³/mol. The van der Waals surface area contributed by atoms with Crippen molar-refractivity contribution in [1.82, 2.24) is 0 Å². The lowest BCUT2D eigenvalue weighted by Crippen LogP contribution is -2.23. The summed E-state index contributed by atoms with van der Waals surface area (Å²) in [6, 6.07) is 4.38. The Morgan fingerprint density at radius 3 is 2.29 bits per heavy atom. The summed E-state index contributed by atoms with van der Waals surface area (Å²) in [6.45, 7) is 3.08. The molecule has 2 N–H and O–H groups in total. The van der Waals surface area contributed by atoms with Crippen LogP contribution in [0.3, 0.4) is 0 Å². The molecule has 0 amide bonds. The summed E-state index contributed by atoms with van der Waals surface area (Å²) >= 11 is 0. The van der Waals surface area contributed by atoms with Gasteiger partial charge in [-0.05, 0) is 31.5 Å². The topological polar surface area (TPSA) is 53.7 Å². The van der Waals surface area contributed by atoms with Crippen LogP contribution in [-0.2, 0) is 4.74 Å². The van der Waals surface area contributed by atoms with E-state index in [1.807, 2.05) is 13.8 Å². The maximum atomic E-state index is 12.0. The molecule has 0 aliphatic rings. The van der Waals surface area contributed by atoms with Crippen LogP contribution >= 0.6 is 0 Å². The summed E-state index contributed by atoms with van der Waals surface area (Å²) in [5.41, 5.74) is 6.45. The van der Waals surface area contributed by atoms with Crippen molar-refractivity contribution in [3.63, 3.8) is 0 Å². The van der Waals surface area contributed by atoms with Gasteiger partial charge in [0.2, 0.25) is 0 Å². The molecule has 0 fully saturated rings. The van der Waals surface area contributed by atoms with Gasteiger partial charge in [0.15, 0.2) is 11.5 Å². The molecule has 1 atom stereocenters. The van der Waals surface area contributed by atoms with Gasteiger partial charge in [0.1, 0.15) is 6.61 Å². The SMILES string of the molecule is CCOc1ccc(C(N)COCC(F)(F)F)cc1OCC. The molecule has 0 bridgehead atoms. The average molecular weight is 307 g/mol. The van der Waals surface area contributed by atoms with Crippen molar-refractivity contribution in [3.8, 4) is 11.5 Å². The predicted octanol–water partition coefficient (Wildman–Crippen LogP) is 3.06. The summed E-state index contributed by atoms with van der Waals surface area (Å²) in [5, 5.41) is 0. The van der Waals surface area contributed by atoms with Gasteiger partial charge in [-0.25, -0.2) is 0 Å². The zero-order valence-electron chi connectivity index (χ0n) is 12.1. The van der Waals surface area contributed by atoms with Crippen molar-refractivity contribution in [2.45, 2.75) is 26.1 Å². The third-order valence-electron chi connectivity index (χ3n) is 2.56. The molecule has 7 heteroatoms. The van der Waals surface area contributed by atoms with E-state index in [0.717, 1.165) is 0 Å². The van der Waals surface area contributed by atoms with Crippen molar-refractivity contribution in [2.24, 2.45) is 5.73 Å². The van der Waals surface area contributed by atoms with Crippen LogP contribution in [0.25, 0.3) is 0 Å². The number of nitrogens with two attached hydrogens (primary N) is 1. The Morgan fingerprint density at radius 1 is 1.10 bits per heavy atom. The molecule has 0 saturated carbocycles. The van der Waals surface area contributed by atoms with Crippen molar-refractivity contribution < 1.29 is 27.4 Å². The first-order chi connectivity index (χ1) is 9.87. The largest absolute Gasteiger partial charge is 0.490 e. The van der Waals surface area contributed by atoms with Crippen LogP contribution in [0.5, 0.6) is 11.5 Å². The van der Waals surface area contributed by atoms with Crippen LogP contribution in [0.15, 0.2) is 18.2 Å². The van der Waals surface area contributed by atoms with Gasteiger partial charge < -0.3 is 19.9 Å². The molecule has 1 aromatic carbocycles. The zero-order valence-corrected chi connectivity index (χ0v) is 12.1. The quantitative estimate of drug-likeness (QED) is 0.802. The van der Waals surface area contributed by atoms with E-state index in [0.29, 0.717) is 30.3 Å². The molecular weight excluding hydrogens is 287 g/mol. The highest BCUT2D eigenvalue weighted by Gasteiger charge is 2.27. The normalized spacial score (nSPS) is 13.0. The third kappa shape index (κ3) is 6.22. The summed E-state index contributed by atoms with van der Waals surface area (Å²) in [7, 11) is 0. The number of hydrogen-bond acceptors (Lipinski definition) is 4. The Kier molecular flexibility index (Phi) is 6.77. The van der Waals surface area contributed by atoms with E-state index in [1.54, 1.807) is 18.2 Å². The van der Waals surface area contributed by atoms with Gasteiger partial charge in [-0.15, -0.1) is 0 Å². The Labute approximate surface area is 122 Å². The van der Waals surface area contributed by atoms with Crippen LogP contribution < -0.4 is 15.2 Å². The Bertz CT molecular complexity index is 438. The van der Waals surface area contributed by atoms with E-state index in [2.05, 4.69) is 4.74 Å². The minimum absolute atomic E-state index is 0.223. The first kappa shape index (κ1) is 17.6. The maximum absolute atomic E-state index is 12.0. The molecule has 21 heavy (non-hydrogen) atoms. The van der Waals surface area contributed by atoms with Gasteiger partial charge in [0.25, 0.3) is 0 Å². The standard InChI is InChI=1S/C14H20F3NO3/c1-3-20-12-6-5-10(7-13(12)21-4-2)11(18)8-19-9-14(15,16)17/h5-7,11H,3-4,8-9,18H2,1-2H3. The number of rotatable bonds is 8. The van der Waals surface area contributed by atoms with E-state index in [9.17, 15) is 13.2 Å². The second-order valence-corrected chi connectivity index (χ2v) is 4.31. The van der Waals surface area contributed by atoms with Crippen molar-refractivity contribution in [2.75, 3.05) is 26.4 Å². The fourth-order valence-corrected chi connectivity index (χ4v) is 1.70. The smallest absolute Gasteiger partial charge is 0.411 e. The van der Waals surface area contributed by atoms with E-state index in [4.69, 9.17) is 15.2 Å². The molecule has 1 unspecified atom stereocenters. The van der Waals surface area contributed by atoms with E-state index in [1.165, 1.54) is 0 Å². The highest BCUT2D eigenvalue weighted by atomic mass is 19.4. The second-order valence-electron chi connectivity index (χ2n) is 4.31.